The van der Waals surface area contributed by atoms with Crippen molar-refractivity contribution in [2.75, 3.05) is 18.5 Å². The Labute approximate surface area is 174 Å². The van der Waals surface area contributed by atoms with Gasteiger partial charge in [0.1, 0.15) is 5.75 Å². The van der Waals surface area contributed by atoms with E-state index in [0.717, 1.165) is 12.8 Å². The fourth-order valence-corrected chi connectivity index (χ4v) is 2.75. The minimum Gasteiger partial charge on any atom is -0.494 e. The molecule has 7 heteroatoms. The van der Waals surface area contributed by atoms with E-state index in [1.54, 1.807) is 42.5 Å². The van der Waals surface area contributed by atoms with Crippen LogP contribution in [0.1, 0.15) is 43.0 Å². The average molecular weight is 424 g/mol. The maximum atomic E-state index is 12.1. The SMILES string of the molecule is CCCCCCOc1ccc(C(=O)OCC(=O)Nc2cccc(Cl)c2Cl)cc1. The Kier molecular flexibility index (Phi) is 9.11. The number of carbonyl (C=O) groups excluding carboxylic acids is 2. The van der Waals surface area contributed by atoms with Crippen molar-refractivity contribution < 1.29 is 19.1 Å². The van der Waals surface area contributed by atoms with Crippen LogP contribution >= 0.6 is 23.2 Å². The molecular weight excluding hydrogens is 401 g/mol. The molecule has 28 heavy (non-hydrogen) atoms. The quantitative estimate of drug-likeness (QED) is 0.390. The van der Waals surface area contributed by atoms with Gasteiger partial charge in [0.05, 0.1) is 27.9 Å². The van der Waals surface area contributed by atoms with E-state index in [-0.39, 0.29) is 5.02 Å². The van der Waals surface area contributed by atoms with Crippen molar-refractivity contribution in [3.63, 3.8) is 0 Å². The molecule has 0 saturated heterocycles. The van der Waals surface area contributed by atoms with Crippen LogP contribution in [0.5, 0.6) is 5.75 Å². The minimum atomic E-state index is -0.596. The number of unbranched alkanes of at least 4 members (excludes halogenated alkanes) is 3. The van der Waals surface area contributed by atoms with Gasteiger partial charge < -0.3 is 14.8 Å². The van der Waals surface area contributed by atoms with Crippen molar-refractivity contribution in [1.29, 1.82) is 0 Å². The molecule has 5 nitrogen and oxygen atoms in total. The predicted octanol–water partition coefficient (Wildman–Crippen LogP) is 5.75. The van der Waals surface area contributed by atoms with Gasteiger partial charge in [-0.3, -0.25) is 4.79 Å². The molecule has 0 radical (unpaired) electrons. The van der Waals surface area contributed by atoms with Crippen LogP contribution in [-0.2, 0) is 9.53 Å². The third-order valence-corrected chi connectivity index (χ3v) is 4.74. The van der Waals surface area contributed by atoms with Crippen LogP contribution in [0.3, 0.4) is 0 Å². The highest BCUT2D eigenvalue weighted by Gasteiger charge is 2.12. The van der Waals surface area contributed by atoms with E-state index in [9.17, 15) is 9.59 Å². The summed E-state index contributed by atoms with van der Waals surface area (Å²) in [6.45, 7) is 2.38. The number of benzene rings is 2. The van der Waals surface area contributed by atoms with Gasteiger partial charge >= 0.3 is 5.97 Å². The van der Waals surface area contributed by atoms with Gasteiger partial charge in [-0.15, -0.1) is 0 Å². The van der Waals surface area contributed by atoms with Crippen LogP contribution in [0.15, 0.2) is 42.5 Å². The number of nitrogens with one attached hydrogen (secondary N) is 1. The van der Waals surface area contributed by atoms with Gasteiger partial charge in [0.15, 0.2) is 6.61 Å². The van der Waals surface area contributed by atoms with Crippen LogP contribution in [0, 0.1) is 0 Å². The lowest BCUT2D eigenvalue weighted by Crippen LogP contribution is -2.21. The Hall–Kier alpha value is -2.24. The number of anilines is 1. The summed E-state index contributed by atoms with van der Waals surface area (Å²) in [6.07, 6.45) is 4.53. The zero-order valence-electron chi connectivity index (χ0n) is 15.7. The molecule has 0 saturated carbocycles. The minimum absolute atomic E-state index is 0.231. The molecule has 150 valence electrons. The summed E-state index contributed by atoms with van der Waals surface area (Å²) in [5.74, 6) is -0.409. The molecule has 0 heterocycles. The monoisotopic (exact) mass is 423 g/mol. The fourth-order valence-electron chi connectivity index (χ4n) is 2.41. The van der Waals surface area contributed by atoms with Crippen LogP contribution in [0.2, 0.25) is 10.0 Å². The highest BCUT2D eigenvalue weighted by molar-refractivity contribution is 6.44. The Morgan fingerprint density at radius 1 is 1.00 bits per heavy atom. The molecule has 0 unspecified atom stereocenters. The van der Waals surface area contributed by atoms with Crippen LogP contribution in [-0.4, -0.2) is 25.1 Å². The number of halogens is 2. The number of rotatable bonds is 10. The second kappa shape index (κ2) is 11.6. The van der Waals surface area contributed by atoms with E-state index in [4.69, 9.17) is 32.7 Å². The molecule has 2 aromatic carbocycles. The molecule has 0 fully saturated rings. The Morgan fingerprint density at radius 3 is 2.46 bits per heavy atom. The molecule has 2 aromatic rings. The van der Waals surface area contributed by atoms with E-state index >= 15 is 0 Å². The summed E-state index contributed by atoms with van der Waals surface area (Å²) in [4.78, 5) is 24.0. The maximum Gasteiger partial charge on any atom is 0.338 e. The number of ether oxygens (including phenoxy) is 2. The van der Waals surface area contributed by atoms with Gasteiger partial charge in [0, 0.05) is 0 Å². The normalized spacial score (nSPS) is 10.4. The van der Waals surface area contributed by atoms with E-state index in [2.05, 4.69) is 12.2 Å². The number of hydrogen-bond acceptors (Lipinski definition) is 4. The van der Waals surface area contributed by atoms with Gasteiger partial charge in [-0.2, -0.15) is 0 Å². The Balaban J connectivity index is 1.77. The maximum absolute atomic E-state index is 12.1. The molecule has 0 aliphatic heterocycles. The third-order valence-electron chi connectivity index (χ3n) is 3.92. The molecule has 1 N–H and O–H groups in total. The lowest BCUT2D eigenvalue weighted by atomic mass is 10.2. The molecule has 0 spiro atoms. The topological polar surface area (TPSA) is 64.6 Å². The van der Waals surface area contributed by atoms with Crippen molar-refractivity contribution in [3.8, 4) is 5.75 Å². The molecule has 0 atom stereocenters. The lowest BCUT2D eigenvalue weighted by Gasteiger charge is -2.09. The summed E-state index contributed by atoms with van der Waals surface area (Å²) in [5.41, 5.74) is 0.697. The zero-order valence-corrected chi connectivity index (χ0v) is 17.2. The first-order valence-electron chi connectivity index (χ1n) is 9.15. The second-order valence-electron chi connectivity index (χ2n) is 6.16. The molecule has 0 aliphatic carbocycles. The Morgan fingerprint density at radius 2 is 1.75 bits per heavy atom. The lowest BCUT2D eigenvalue weighted by molar-refractivity contribution is -0.119. The largest absolute Gasteiger partial charge is 0.494 e. The Bertz CT molecular complexity index is 793. The van der Waals surface area contributed by atoms with Gasteiger partial charge in [0.25, 0.3) is 5.91 Å². The van der Waals surface area contributed by atoms with E-state index in [1.165, 1.54) is 12.8 Å². The van der Waals surface area contributed by atoms with Crippen molar-refractivity contribution in [2.24, 2.45) is 0 Å². The second-order valence-corrected chi connectivity index (χ2v) is 6.94. The highest BCUT2D eigenvalue weighted by Crippen LogP contribution is 2.29. The summed E-state index contributed by atoms with van der Waals surface area (Å²) in [6, 6.07) is 11.5. The fraction of sp³-hybridized carbons (Fsp3) is 0.333. The van der Waals surface area contributed by atoms with Crippen LogP contribution in [0.4, 0.5) is 5.69 Å². The van der Waals surface area contributed by atoms with Crippen molar-refractivity contribution in [3.05, 3.63) is 58.1 Å². The molecular formula is C21H23Cl2NO4. The van der Waals surface area contributed by atoms with Gasteiger partial charge in [-0.05, 0) is 42.8 Å². The van der Waals surface area contributed by atoms with E-state index in [1.807, 2.05) is 0 Å². The average Bonchev–Trinajstić information content (AvgIpc) is 2.70. The van der Waals surface area contributed by atoms with Crippen LogP contribution < -0.4 is 10.1 Å². The number of amides is 1. The van der Waals surface area contributed by atoms with Gasteiger partial charge in [-0.25, -0.2) is 4.79 Å². The summed E-state index contributed by atoms with van der Waals surface area (Å²) in [5, 5.41) is 3.11. The molecule has 0 bridgehead atoms. The highest BCUT2D eigenvalue weighted by atomic mass is 35.5. The predicted molar refractivity (Wildman–Crippen MR) is 111 cm³/mol. The van der Waals surface area contributed by atoms with Gasteiger partial charge in [0.2, 0.25) is 0 Å². The first kappa shape index (κ1) is 22.1. The van der Waals surface area contributed by atoms with Crippen molar-refractivity contribution in [2.45, 2.75) is 32.6 Å². The number of carbonyl (C=O) groups is 2. The zero-order chi connectivity index (χ0) is 20.4. The number of esters is 1. The van der Waals surface area contributed by atoms with Crippen molar-refractivity contribution in [1.82, 2.24) is 0 Å². The summed E-state index contributed by atoms with van der Waals surface area (Å²) >= 11 is 11.9. The summed E-state index contributed by atoms with van der Waals surface area (Å²) < 4.78 is 10.7. The molecule has 1 amide bonds. The standard InChI is InChI=1S/C21H23Cl2NO4/c1-2-3-4-5-13-27-16-11-9-15(10-12-16)21(26)28-14-19(25)24-18-8-6-7-17(22)20(18)23/h6-12H,2-5,13-14H2,1H3,(H,24,25). The molecule has 0 aliphatic rings. The molecule has 0 aromatic heterocycles. The van der Waals surface area contributed by atoms with Gasteiger partial charge in [-0.1, -0.05) is 55.5 Å². The van der Waals surface area contributed by atoms with E-state index < -0.39 is 18.5 Å². The summed E-state index contributed by atoms with van der Waals surface area (Å²) in [7, 11) is 0. The first-order chi connectivity index (χ1) is 13.5. The third kappa shape index (κ3) is 7.06. The number of hydrogen-bond donors (Lipinski definition) is 1. The smallest absolute Gasteiger partial charge is 0.338 e. The van der Waals surface area contributed by atoms with Crippen molar-refractivity contribution >= 4 is 40.8 Å². The van der Waals surface area contributed by atoms with Crippen LogP contribution in [0.25, 0.3) is 0 Å². The molecule has 2 rings (SSSR count). The van der Waals surface area contributed by atoms with E-state index in [0.29, 0.717) is 28.6 Å². The first-order valence-corrected chi connectivity index (χ1v) is 9.90.